The van der Waals surface area contributed by atoms with Crippen molar-refractivity contribution >= 4 is 72.2 Å². The Morgan fingerprint density at radius 2 is 1.11 bits per heavy atom. The Labute approximate surface area is 361 Å². The molecule has 0 saturated carbocycles. The predicted molar refractivity (Wildman–Crippen MR) is 261 cm³/mol. The first-order chi connectivity index (χ1) is 30.8. The molecular formula is C59H41N3. The van der Waals surface area contributed by atoms with Crippen LogP contribution in [0.25, 0.3) is 54.7 Å². The van der Waals surface area contributed by atoms with E-state index in [-0.39, 0.29) is 6.04 Å². The molecule has 9 aromatic carbocycles. The maximum absolute atomic E-state index is 5.35. The highest BCUT2D eigenvalue weighted by molar-refractivity contribution is 6.15. The van der Waals surface area contributed by atoms with Gasteiger partial charge in [-0.05, 0) is 122 Å². The Kier molecular flexibility index (Phi) is 8.64. The van der Waals surface area contributed by atoms with Gasteiger partial charge in [-0.1, -0.05) is 170 Å². The van der Waals surface area contributed by atoms with E-state index in [2.05, 4.69) is 240 Å². The summed E-state index contributed by atoms with van der Waals surface area (Å²) in [5.74, 6) is 0.877. The molecular weight excluding hydrogens is 751 g/mol. The summed E-state index contributed by atoms with van der Waals surface area (Å²) in [6.07, 6.45) is 5.85. The van der Waals surface area contributed by atoms with Gasteiger partial charge in [0.25, 0.3) is 0 Å². The summed E-state index contributed by atoms with van der Waals surface area (Å²) in [7, 11) is 0. The second kappa shape index (κ2) is 14.9. The van der Waals surface area contributed by atoms with E-state index in [1.165, 1.54) is 71.8 Å². The lowest BCUT2D eigenvalue weighted by atomic mass is 9.73. The van der Waals surface area contributed by atoms with Gasteiger partial charge in [0.1, 0.15) is 5.82 Å². The molecule has 1 atom stereocenters. The standard InChI is InChI=1S/C59H41N3/c1-5-18-41(19-6-1)51-38-55(61(44-25-9-3-10-26-44)54-31-17-24-40-22-13-15-29-46(40)54)49-35-33-48-52(42-20-7-2-8-21-42)39-56(50-36-34-47(51)58(49)59(48)50)62(45-27-11-4-12-28-45)57-37-32-43-23-14-16-30-53(43)60-57/h1-32,34-39,55H,33H2. The zero-order valence-electron chi connectivity index (χ0n) is 34.1. The molecule has 0 aliphatic heterocycles. The fourth-order valence-electron chi connectivity index (χ4n) is 9.97. The highest BCUT2D eigenvalue weighted by Gasteiger charge is 2.36. The van der Waals surface area contributed by atoms with Crippen LogP contribution in [0.3, 0.4) is 0 Å². The van der Waals surface area contributed by atoms with Crippen molar-refractivity contribution in [3.8, 4) is 11.1 Å². The number of para-hydroxylation sites is 3. The van der Waals surface area contributed by atoms with Crippen molar-refractivity contribution in [1.29, 1.82) is 0 Å². The molecule has 1 heterocycles. The lowest BCUT2D eigenvalue weighted by molar-refractivity contribution is 0.951. The van der Waals surface area contributed by atoms with Crippen LogP contribution in [0, 0.1) is 0 Å². The van der Waals surface area contributed by atoms with Gasteiger partial charge in [-0.25, -0.2) is 4.98 Å². The molecule has 3 heteroatoms. The molecule has 0 spiro atoms. The molecule has 2 aliphatic carbocycles. The summed E-state index contributed by atoms with van der Waals surface area (Å²) in [4.78, 5) is 10.3. The molecule has 292 valence electrons. The number of fused-ring (bicyclic) bond motifs is 2. The van der Waals surface area contributed by atoms with Crippen molar-refractivity contribution < 1.29 is 0 Å². The van der Waals surface area contributed by atoms with Crippen LogP contribution in [-0.2, 0) is 6.42 Å². The van der Waals surface area contributed by atoms with Crippen LogP contribution in [-0.4, -0.2) is 11.0 Å². The zero-order chi connectivity index (χ0) is 41.0. The third kappa shape index (κ3) is 5.93. The summed E-state index contributed by atoms with van der Waals surface area (Å²) >= 11 is 0. The number of anilines is 5. The van der Waals surface area contributed by atoms with Gasteiger partial charge in [0.05, 0.1) is 17.2 Å². The Morgan fingerprint density at radius 1 is 0.468 bits per heavy atom. The highest BCUT2D eigenvalue weighted by atomic mass is 15.2. The van der Waals surface area contributed by atoms with Gasteiger partial charge in [-0.15, -0.1) is 0 Å². The molecule has 0 N–H and O–H groups in total. The lowest BCUT2D eigenvalue weighted by Gasteiger charge is -2.40. The van der Waals surface area contributed by atoms with Crippen LogP contribution in [0.5, 0.6) is 0 Å². The average Bonchev–Trinajstić information content (AvgIpc) is 3.35. The number of nitrogens with zero attached hydrogens (tertiary/aromatic N) is 3. The molecule has 1 unspecified atom stereocenters. The minimum Gasteiger partial charge on any atom is -0.330 e. The molecule has 12 rings (SSSR count). The van der Waals surface area contributed by atoms with Crippen molar-refractivity contribution in [2.24, 2.45) is 0 Å². The highest BCUT2D eigenvalue weighted by Crippen LogP contribution is 2.53. The van der Waals surface area contributed by atoms with Crippen LogP contribution >= 0.6 is 0 Å². The van der Waals surface area contributed by atoms with E-state index in [1.807, 2.05) is 0 Å². The fourth-order valence-corrected chi connectivity index (χ4v) is 9.97. The molecule has 0 saturated heterocycles. The van der Waals surface area contributed by atoms with E-state index in [0.717, 1.165) is 40.2 Å². The molecule has 0 radical (unpaired) electrons. The second-order valence-corrected chi connectivity index (χ2v) is 16.2. The van der Waals surface area contributed by atoms with E-state index >= 15 is 0 Å². The molecule has 1 aromatic heterocycles. The first-order valence-electron chi connectivity index (χ1n) is 21.5. The van der Waals surface area contributed by atoms with Gasteiger partial charge in [-0.3, -0.25) is 4.90 Å². The van der Waals surface area contributed by atoms with Gasteiger partial charge < -0.3 is 4.90 Å². The summed E-state index contributed by atoms with van der Waals surface area (Å²) < 4.78 is 0. The Hall–Kier alpha value is -8.01. The van der Waals surface area contributed by atoms with E-state index in [0.29, 0.717) is 0 Å². The maximum atomic E-state index is 5.35. The average molecular weight is 792 g/mol. The number of hydrogen-bond acceptors (Lipinski definition) is 3. The molecule has 62 heavy (non-hydrogen) atoms. The molecule has 0 amide bonds. The predicted octanol–water partition coefficient (Wildman–Crippen LogP) is 15.3. The molecule has 3 nitrogen and oxygen atoms in total. The SMILES string of the molecule is C1=C(c2ccccc2)c2ccc3c(N(c4ccccc4)c4ccc5ccccc5n4)cc(-c4ccccc4)c4c3c2C(=CC4)C1N(c1ccccc1)c1cccc2ccccc12. The number of rotatable bonds is 8. The summed E-state index contributed by atoms with van der Waals surface area (Å²) in [5, 5.41) is 6.07. The Bertz CT molecular complexity index is 3370. The smallest absolute Gasteiger partial charge is 0.138 e. The van der Waals surface area contributed by atoms with E-state index in [9.17, 15) is 0 Å². The molecule has 0 bridgehead atoms. The minimum absolute atomic E-state index is 0.110. The summed E-state index contributed by atoms with van der Waals surface area (Å²) in [6, 6.07) is 78.9. The molecule has 2 aliphatic rings. The van der Waals surface area contributed by atoms with Gasteiger partial charge >= 0.3 is 0 Å². The quantitative estimate of drug-likeness (QED) is 0.153. The van der Waals surface area contributed by atoms with Crippen LogP contribution in [0.1, 0.15) is 22.3 Å². The van der Waals surface area contributed by atoms with E-state index < -0.39 is 0 Å². The van der Waals surface area contributed by atoms with Gasteiger partial charge in [-0.2, -0.15) is 0 Å². The van der Waals surface area contributed by atoms with Crippen molar-refractivity contribution in [3.05, 3.63) is 253 Å². The fraction of sp³-hybridized carbons (Fsp3) is 0.0339. The van der Waals surface area contributed by atoms with Crippen LogP contribution in [0.2, 0.25) is 0 Å². The largest absolute Gasteiger partial charge is 0.330 e. The van der Waals surface area contributed by atoms with Gasteiger partial charge in [0.15, 0.2) is 0 Å². The van der Waals surface area contributed by atoms with Crippen molar-refractivity contribution in [2.45, 2.75) is 12.5 Å². The monoisotopic (exact) mass is 791 g/mol. The number of hydrogen-bond donors (Lipinski definition) is 0. The third-order valence-electron chi connectivity index (χ3n) is 12.7. The van der Waals surface area contributed by atoms with Crippen LogP contribution in [0.4, 0.5) is 28.6 Å². The zero-order valence-corrected chi connectivity index (χ0v) is 34.1. The normalized spacial score (nSPS) is 14.1. The number of aromatic nitrogens is 1. The maximum Gasteiger partial charge on any atom is 0.138 e. The first kappa shape index (κ1) is 35.9. The van der Waals surface area contributed by atoms with Crippen molar-refractivity contribution in [3.63, 3.8) is 0 Å². The lowest BCUT2D eigenvalue weighted by Crippen LogP contribution is -2.34. The summed E-state index contributed by atoms with van der Waals surface area (Å²) in [6.45, 7) is 0. The number of allylic oxidation sites excluding steroid dienone is 1. The first-order valence-corrected chi connectivity index (χ1v) is 21.5. The Balaban J connectivity index is 1.18. The Morgan fingerprint density at radius 3 is 1.89 bits per heavy atom. The van der Waals surface area contributed by atoms with Crippen LogP contribution in [0.15, 0.2) is 231 Å². The van der Waals surface area contributed by atoms with E-state index in [1.54, 1.807) is 0 Å². The van der Waals surface area contributed by atoms with E-state index in [4.69, 9.17) is 4.98 Å². The minimum atomic E-state index is -0.110. The third-order valence-corrected chi connectivity index (χ3v) is 12.7. The summed E-state index contributed by atoms with van der Waals surface area (Å²) in [5.41, 5.74) is 15.6. The van der Waals surface area contributed by atoms with Gasteiger partial charge in [0, 0.05) is 33.2 Å². The van der Waals surface area contributed by atoms with Gasteiger partial charge in [0.2, 0.25) is 0 Å². The topological polar surface area (TPSA) is 19.4 Å². The van der Waals surface area contributed by atoms with Crippen molar-refractivity contribution in [1.82, 2.24) is 4.98 Å². The number of benzene rings is 9. The molecule has 0 fully saturated rings. The van der Waals surface area contributed by atoms with Crippen LogP contribution < -0.4 is 9.80 Å². The van der Waals surface area contributed by atoms with Crippen molar-refractivity contribution in [2.75, 3.05) is 9.80 Å². The molecule has 10 aromatic rings. The second-order valence-electron chi connectivity index (χ2n) is 16.2. The number of pyridine rings is 1.